The largest absolute Gasteiger partial charge is 0.274 e. The first-order valence-corrected chi connectivity index (χ1v) is 19.4. The van der Waals surface area contributed by atoms with Crippen molar-refractivity contribution in [2.24, 2.45) is 0 Å². The van der Waals surface area contributed by atoms with E-state index in [-0.39, 0.29) is 22.2 Å². The second-order valence-corrected chi connectivity index (χ2v) is 14.4. The highest BCUT2D eigenvalue weighted by Gasteiger charge is 2.23. The van der Waals surface area contributed by atoms with Crippen molar-refractivity contribution >= 4 is 43.1 Å². The lowest BCUT2D eigenvalue weighted by molar-refractivity contribution is 0.547. The number of hydrogen-bond donors (Lipinski definition) is 0. The maximum absolute atomic E-state index is 13.9. The van der Waals surface area contributed by atoms with Crippen molar-refractivity contribution in [2.75, 3.05) is 0 Å². The van der Waals surface area contributed by atoms with E-state index in [9.17, 15) is 19.2 Å². The summed E-state index contributed by atoms with van der Waals surface area (Å²) >= 11 is 0. The minimum absolute atomic E-state index is 0.254. The minimum Gasteiger partial charge on any atom is -0.274 e. The van der Waals surface area contributed by atoms with E-state index in [1.165, 1.54) is 47.7 Å². The molecule has 0 fully saturated rings. The van der Waals surface area contributed by atoms with Crippen LogP contribution in [-0.2, 0) is 13.1 Å². The van der Waals surface area contributed by atoms with Gasteiger partial charge in [-0.25, -0.2) is 0 Å². The summed E-state index contributed by atoms with van der Waals surface area (Å²) in [5.41, 5.74) is 2.59. The Hall–Kier alpha value is -5.10. The molecular weight excluding hydrogens is 645 g/mol. The molecule has 2 aromatic heterocycles. The second-order valence-electron chi connectivity index (χ2n) is 14.4. The van der Waals surface area contributed by atoms with E-state index < -0.39 is 0 Å². The molecule has 0 aliphatic heterocycles. The molecular formula is C46H48N2O4. The van der Waals surface area contributed by atoms with Gasteiger partial charge in [-0.3, -0.25) is 28.3 Å². The molecule has 7 rings (SSSR count). The van der Waals surface area contributed by atoms with Gasteiger partial charge in [0, 0.05) is 13.1 Å². The van der Waals surface area contributed by atoms with E-state index in [2.05, 4.69) is 13.8 Å². The SMILES string of the molecule is CCCCCCCCn1c(=O)c2cc3c(-c4ccccc4)c4cc5c(=O)n(CCCCCCCC)c(=O)c5cc4c(-c4ccccc4)c3cc2c1=O. The molecule has 266 valence electrons. The van der Waals surface area contributed by atoms with Crippen molar-refractivity contribution < 1.29 is 0 Å². The number of rotatable bonds is 16. The van der Waals surface area contributed by atoms with Gasteiger partial charge < -0.3 is 0 Å². The number of nitrogens with zero attached hydrogens (tertiary/aromatic N) is 2. The summed E-state index contributed by atoms with van der Waals surface area (Å²) in [5.74, 6) is 0. The molecule has 7 aromatic rings. The van der Waals surface area contributed by atoms with Gasteiger partial charge in [-0.05, 0) is 80.9 Å². The molecule has 2 heterocycles. The molecule has 6 heteroatoms. The van der Waals surface area contributed by atoms with Crippen LogP contribution in [0.3, 0.4) is 0 Å². The molecule has 0 radical (unpaired) electrons. The monoisotopic (exact) mass is 692 g/mol. The average molecular weight is 693 g/mol. The Morgan fingerprint density at radius 1 is 0.365 bits per heavy atom. The van der Waals surface area contributed by atoms with Crippen LogP contribution in [0.4, 0.5) is 0 Å². The summed E-state index contributed by atoms with van der Waals surface area (Å²) in [6, 6.07) is 27.6. The van der Waals surface area contributed by atoms with Crippen LogP contribution in [0.2, 0.25) is 0 Å². The van der Waals surface area contributed by atoms with Crippen molar-refractivity contribution in [1.29, 1.82) is 0 Å². The molecule has 6 nitrogen and oxygen atoms in total. The number of aromatic nitrogens is 2. The molecule has 0 aliphatic carbocycles. The lowest BCUT2D eigenvalue weighted by atomic mass is 9.84. The molecule has 0 amide bonds. The van der Waals surface area contributed by atoms with Gasteiger partial charge in [-0.15, -0.1) is 0 Å². The Labute approximate surface area is 304 Å². The number of unbranched alkanes of at least 4 members (excludes halogenated alkanes) is 10. The van der Waals surface area contributed by atoms with Gasteiger partial charge in [0.25, 0.3) is 22.2 Å². The molecule has 0 saturated heterocycles. The predicted octanol–water partition coefficient (Wildman–Crippen LogP) is 10.3. The van der Waals surface area contributed by atoms with Gasteiger partial charge in [0.1, 0.15) is 0 Å². The average Bonchev–Trinajstić information content (AvgIpc) is 3.54. The van der Waals surface area contributed by atoms with E-state index in [1.807, 2.05) is 84.9 Å². The van der Waals surface area contributed by atoms with E-state index in [1.54, 1.807) is 0 Å². The highest BCUT2D eigenvalue weighted by molar-refractivity contribution is 6.25. The fraction of sp³-hybridized carbons (Fsp3) is 0.348. The Balaban J connectivity index is 1.48. The normalized spacial score (nSPS) is 11.9. The molecule has 0 bridgehead atoms. The third kappa shape index (κ3) is 6.55. The Kier molecular flexibility index (Phi) is 10.6. The van der Waals surface area contributed by atoms with Gasteiger partial charge >= 0.3 is 0 Å². The van der Waals surface area contributed by atoms with Crippen LogP contribution >= 0.6 is 0 Å². The van der Waals surface area contributed by atoms with Crippen LogP contribution in [0.1, 0.15) is 90.9 Å². The van der Waals surface area contributed by atoms with Crippen LogP contribution in [0.5, 0.6) is 0 Å². The van der Waals surface area contributed by atoms with Crippen LogP contribution < -0.4 is 22.2 Å². The van der Waals surface area contributed by atoms with E-state index in [0.717, 1.165) is 82.3 Å². The summed E-state index contributed by atoms with van der Waals surface area (Å²) in [7, 11) is 0. The summed E-state index contributed by atoms with van der Waals surface area (Å²) < 4.78 is 2.83. The van der Waals surface area contributed by atoms with E-state index in [4.69, 9.17) is 0 Å². The van der Waals surface area contributed by atoms with Crippen LogP contribution in [-0.4, -0.2) is 9.13 Å². The highest BCUT2D eigenvalue weighted by Crippen LogP contribution is 2.45. The Morgan fingerprint density at radius 2 is 0.654 bits per heavy atom. The van der Waals surface area contributed by atoms with Gasteiger partial charge in [0.15, 0.2) is 0 Å². The first-order chi connectivity index (χ1) is 25.4. The zero-order valence-electron chi connectivity index (χ0n) is 30.5. The molecule has 0 saturated carbocycles. The van der Waals surface area contributed by atoms with E-state index in [0.29, 0.717) is 34.6 Å². The van der Waals surface area contributed by atoms with Crippen molar-refractivity contribution in [3.63, 3.8) is 0 Å². The molecule has 52 heavy (non-hydrogen) atoms. The quantitative estimate of drug-likeness (QED) is 0.0746. The first kappa shape index (κ1) is 35.3. The van der Waals surface area contributed by atoms with Crippen molar-refractivity contribution in [3.05, 3.63) is 126 Å². The minimum atomic E-state index is -0.254. The van der Waals surface area contributed by atoms with Crippen molar-refractivity contribution in [3.8, 4) is 22.3 Å². The maximum Gasteiger partial charge on any atom is 0.261 e. The summed E-state index contributed by atoms with van der Waals surface area (Å²) in [6.07, 6.45) is 12.8. The zero-order chi connectivity index (χ0) is 36.2. The van der Waals surface area contributed by atoms with Crippen molar-refractivity contribution in [1.82, 2.24) is 9.13 Å². The Bertz CT molecular complexity index is 2270. The van der Waals surface area contributed by atoms with Crippen molar-refractivity contribution in [2.45, 2.75) is 104 Å². The summed E-state index contributed by atoms with van der Waals surface area (Å²) in [6.45, 7) is 5.19. The molecule has 0 spiro atoms. The van der Waals surface area contributed by atoms with Crippen LogP contribution in [0.25, 0.3) is 65.3 Å². The van der Waals surface area contributed by atoms with Crippen LogP contribution in [0, 0.1) is 0 Å². The number of benzene rings is 5. The Morgan fingerprint density at radius 3 is 0.962 bits per heavy atom. The fourth-order valence-corrected chi connectivity index (χ4v) is 8.13. The van der Waals surface area contributed by atoms with Crippen LogP contribution in [0.15, 0.2) is 104 Å². The fourth-order valence-electron chi connectivity index (χ4n) is 8.13. The molecule has 0 aliphatic rings. The summed E-state index contributed by atoms with van der Waals surface area (Å²) in [4.78, 5) is 55.7. The predicted molar refractivity (Wildman–Crippen MR) is 218 cm³/mol. The molecule has 0 atom stereocenters. The topological polar surface area (TPSA) is 78.1 Å². The highest BCUT2D eigenvalue weighted by atomic mass is 16.2. The zero-order valence-corrected chi connectivity index (χ0v) is 30.5. The van der Waals surface area contributed by atoms with Gasteiger partial charge in [0.2, 0.25) is 0 Å². The maximum atomic E-state index is 13.9. The molecule has 5 aromatic carbocycles. The standard InChI is InChI=1S/C46H48N2O4/c1-3-5-7-9-11-19-25-47-43(49)37-27-33-34(28-38(37)44(47)50)42(32-23-17-14-18-24-32)36-30-40-39(29-35(36)41(33)31-21-15-13-16-22-31)45(51)48(46(40)52)26-20-12-10-8-6-4-2/h13-18,21-24,27-30H,3-12,19-20,25-26H2,1-2H3. The molecule has 0 unspecified atom stereocenters. The molecule has 0 N–H and O–H groups in total. The number of hydrogen-bond acceptors (Lipinski definition) is 4. The summed E-state index contributed by atoms with van der Waals surface area (Å²) in [5, 5.41) is 4.99. The lowest BCUT2D eigenvalue weighted by Gasteiger charge is -2.18. The van der Waals surface area contributed by atoms with Gasteiger partial charge in [0.05, 0.1) is 21.5 Å². The third-order valence-corrected chi connectivity index (χ3v) is 10.9. The van der Waals surface area contributed by atoms with Gasteiger partial charge in [-0.2, -0.15) is 0 Å². The lowest BCUT2D eigenvalue weighted by Crippen LogP contribution is -2.25. The smallest absolute Gasteiger partial charge is 0.261 e. The number of fused-ring (bicyclic) bond motifs is 4. The van der Waals surface area contributed by atoms with Gasteiger partial charge in [-0.1, -0.05) is 139 Å². The first-order valence-electron chi connectivity index (χ1n) is 19.4. The third-order valence-electron chi connectivity index (χ3n) is 10.9. The second kappa shape index (κ2) is 15.6. The van der Waals surface area contributed by atoms with E-state index >= 15 is 0 Å².